The molecule has 132 valence electrons. The van der Waals surface area contributed by atoms with Crippen LogP contribution in [0.3, 0.4) is 0 Å². The molecule has 2 N–H and O–H groups in total. The van der Waals surface area contributed by atoms with E-state index < -0.39 is 6.09 Å². The van der Waals surface area contributed by atoms with E-state index in [0.29, 0.717) is 24.0 Å². The lowest BCUT2D eigenvalue weighted by Crippen LogP contribution is -2.46. The number of amides is 3. The standard InChI is InChI=1S/C17H26N4O3/c1-4-24-17(23)19-14-7-5-13(6-8-14)18-16(22)21-11-9-15(10-12-21)20(2)3/h5-8,15H,4,9-12H2,1-3H3,(H,18,22)(H,19,23). The first-order valence-electron chi connectivity index (χ1n) is 8.25. The normalized spacial score (nSPS) is 15.2. The van der Waals surface area contributed by atoms with Gasteiger partial charge in [-0.3, -0.25) is 5.32 Å². The van der Waals surface area contributed by atoms with Crippen molar-refractivity contribution in [2.24, 2.45) is 0 Å². The van der Waals surface area contributed by atoms with E-state index in [9.17, 15) is 9.59 Å². The molecule has 1 aliphatic heterocycles. The maximum atomic E-state index is 12.3. The number of carbonyl (C=O) groups is 2. The predicted molar refractivity (Wildman–Crippen MR) is 94.4 cm³/mol. The zero-order valence-corrected chi connectivity index (χ0v) is 14.5. The van der Waals surface area contributed by atoms with Crippen molar-refractivity contribution in [3.05, 3.63) is 24.3 Å². The maximum Gasteiger partial charge on any atom is 0.411 e. The summed E-state index contributed by atoms with van der Waals surface area (Å²) in [6.07, 6.45) is 1.49. The van der Waals surface area contributed by atoms with Crippen LogP contribution in [-0.4, -0.2) is 61.8 Å². The van der Waals surface area contributed by atoms with E-state index in [1.54, 1.807) is 31.2 Å². The van der Waals surface area contributed by atoms with E-state index in [1.165, 1.54) is 0 Å². The number of nitrogens with zero attached hydrogens (tertiary/aromatic N) is 2. The second kappa shape index (κ2) is 8.54. The van der Waals surface area contributed by atoms with Gasteiger partial charge < -0.3 is 19.9 Å². The Morgan fingerprint density at radius 3 is 2.17 bits per heavy atom. The zero-order valence-electron chi connectivity index (χ0n) is 14.5. The number of benzene rings is 1. The van der Waals surface area contributed by atoms with E-state index >= 15 is 0 Å². The summed E-state index contributed by atoms with van der Waals surface area (Å²) in [5.41, 5.74) is 1.32. The van der Waals surface area contributed by atoms with Crippen molar-refractivity contribution in [2.75, 3.05) is 44.4 Å². The van der Waals surface area contributed by atoms with Crippen LogP contribution in [0.15, 0.2) is 24.3 Å². The van der Waals surface area contributed by atoms with E-state index in [2.05, 4.69) is 29.6 Å². The second-order valence-corrected chi connectivity index (χ2v) is 6.03. The molecule has 1 aromatic rings. The molecule has 1 fully saturated rings. The Kier molecular flexibility index (Phi) is 6.43. The average molecular weight is 334 g/mol. The number of anilines is 2. The SMILES string of the molecule is CCOC(=O)Nc1ccc(NC(=O)N2CCC(N(C)C)CC2)cc1. The molecule has 1 aliphatic rings. The van der Waals surface area contributed by atoms with Gasteiger partial charge in [0.2, 0.25) is 0 Å². The Balaban J connectivity index is 1.83. The third-order valence-electron chi connectivity index (χ3n) is 4.14. The number of urea groups is 1. The summed E-state index contributed by atoms with van der Waals surface area (Å²) in [5, 5.41) is 5.50. The van der Waals surface area contributed by atoms with Gasteiger partial charge in [-0.15, -0.1) is 0 Å². The van der Waals surface area contributed by atoms with Crippen molar-refractivity contribution in [1.82, 2.24) is 9.80 Å². The van der Waals surface area contributed by atoms with Gasteiger partial charge in [0.05, 0.1) is 6.61 Å². The van der Waals surface area contributed by atoms with Crippen molar-refractivity contribution in [1.29, 1.82) is 0 Å². The number of nitrogens with one attached hydrogen (secondary N) is 2. The van der Waals surface area contributed by atoms with E-state index in [0.717, 1.165) is 25.9 Å². The molecule has 1 aromatic carbocycles. The van der Waals surface area contributed by atoms with Gasteiger partial charge in [-0.2, -0.15) is 0 Å². The van der Waals surface area contributed by atoms with E-state index in [-0.39, 0.29) is 6.03 Å². The van der Waals surface area contributed by atoms with Crippen molar-refractivity contribution in [2.45, 2.75) is 25.8 Å². The first kappa shape index (κ1) is 18.1. The molecular formula is C17H26N4O3. The van der Waals surface area contributed by atoms with Crippen LogP contribution in [-0.2, 0) is 4.74 Å². The fraction of sp³-hybridized carbons (Fsp3) is 0.529. The highest BCUT2D eigenvalue weighted by molar-refractivity contribution is 5.90. The van der Waals surface area contributed by atoms with Gasteiger partial charge >= 0.3 is 12.1 Å². The van der Waals surface area contributed by atoms with Gasteiger partial charge in [-0.25, -0.2) is 9.59 Å². The topological polar surface area (TPSA) is 73.9 Å². The molecule has 3 amide bonds. The van der Waals surface area contributed by atoms with Gasteiger partial charge in [0, 0.05) is 30.5 Å². The molecule has 7 heteroatoms. The minimum Gasteiger partial charge on any atom is -0.450 e. The number of carbonyl (C=O) groups excluding carboxylic acids is 2. The second-order valence-electron chi connectivity index (χ2n) is 6.03. The Morgan fingerprint density at radius 2 is 1.67 bits per heavy atom. The molecule has 0 atom stereocenters. The summed E-state index contributed by atoms with van der Waals surface area (Å²) < 4.78 is 4.82. The molecule has 24 heavy (non-hydrogen) atoms. The lowest BCUT2D eigenvalue weighted by molar-refractivity contribution is 0.156. The molecule has 0 radical (unpaired) electrons. The van der Waals surface area contributed by atoms with Crippen LogP contribution in [0.4, 0.5) is 21.0 Å². The average Bonchev–Trinajstić information content (AvgIpc) is 2.57. The summed E-state index contributed by atoms with van der Waals surface area (Å²) in [7, 11) is 4.15. The lowest BCUT2D eigenvalue weighted by atomic mass is 10.0. The minimum atomic E-state index is -0.488. The fourth-order valence-corrected chi connectivity index (χ4v) is 2.71. The van der Waals surface area contributed by atoms with Crippen LogP contribution in [0.25, 0.3) is 0 Å². The number of ether oxygens (including phenoxy) is 1. The summed E-state index contributed by atoms with van der Waals surface area (Å²) in [4.78, 5) is 27.7. The van der Waals surface area contributed by atoms with Gasteiger partial charge in [0.1, 0.15) is 0 Å². The van der Waals surface area contributed by atoms with Crippen molar-refractivity contribution >= 4 is 23.5 Å². The van der Waals surface area contributed by atoms with Crippen molar-refractivity contribution in [3.8, 4) is 0 Å². The molecule has 7 nitrogen and oxygen atoms in total. The zero-order chi connectivity index (χ0) is 17.5. The molecule has 0 unspecified atom stereocenters. The number of hydrogen-bond donors (Lipinski definition) is 2. The lowest BCUT2D eigenvalue weighted by Gasteiger charge is -2.35. The highest BCUT2D eigenvalue weighted by atomic mass is 16.5. The molecule has 2 rings (SSSR count). The Morgan fingerprint density at radius 1 is 1.12 bits per heavy atom. The first-order valence-corrected chi connectivity index (χ1v) is 8.25. The molecule has 0 aliphatic carbocycles. The summed E-state index contributed by atoms with van der Waals surface area (Å²) >= 11 is 0. The Labute approximate surface area is 142 Å². The minimum absolute atomic E-state index is 0.0849. The van der Waals surface area contributed by atoms with Crippen LogP contribution in [0, 0.1) is 0 Å². The summed E-state index contributed by atoms with van der Waals surface area (Å²) in [6.45, 7) is 3.60. The highest BCUT2D eigenvalue weighted by Gasteiger charge is 2.23. The van der Waals surface area contributed by atoms with Gasteiger partial charge in [-0.1, -0.05) is 0 Å². The molecule has 0 bridgehead atoms. The van der Waals surface area contributed by atoms with Crippen LogP contribution in [0.2, 0.25) is 0 Å². The Hall–Kier alpha value is -2.28. The van der Waals surface area contributed by atoms with Crippen molar-refractivity contribution in [3.63, 3.8) is 0 Å². The molecule has 0 saturated carbocycles. The molecule has 0 aromatic heterocycles. The highest BCUT2D eigenvalue weighted by Crippen LogP contribution is 2.17. The fourth-order valence-electron chi connectivity index (χ4n) is 2.71. The largest absolute Gasteiger partial charge is 0.450 e. The smallest absolute Gasteiger partial charge is 0.411 e. The quantitative estimate of drug-likeness (QED) is 0.888. The monoisotopic (exact) mass is 334 g/mol. The summed E-state index contributed by atoms with van der Waals surface area (Å²) in [6, 6.07) is 7.42. The molecule has 0 spiro atoms. The summed E-state index contributed by atoms with van der Waals surface area (Å²) in [5.74, 6) is 0. The first-order chi connectivity index (χ1) is 11.5. The van der Waals surface area contributed by atoms with Crippen LogP contribution < -0.4 is 10.6 Å². The maximum absolute atomic E-state index is 12.3. The molecule has 1 heterocycles. The van der Waals surface area contributed by atoms with Gasteiger partial charge in [0.15, 0.2) is 0 Å². The van der Waals surface area contributed by atoms with E-state index in [4.69, 9.17) is 4.74 Å². The van der Waals surface area contributed by atoms with Gasteiger partial charge in [-0.05, 0) is 58.1 Å². The number of rotatable bonds is 4. The van der Waals surface area contributed by atoms with E-state index in [1.807, 2.05) is 4.90 Å². The van der Waals surface area contributed by atoms with Crippen LogP contribution in [0.5, 0.6) is 0 Å². The number of hydrogen-bond acceptors (Lipinski definition) is 4. The Bertz CT molecular complexity index is 551. The predicted octanol–water partition coefficient (Wildman–Crippen LogP) is 2.81. The third kappa shape index (κ3) is 5.13. The van der Waals surface area contributed by atoms with Crippen LogP contribution in [0.1, 0.15) is 19.8 Å². The van der Waals surface area contributed by atoms with Gasteiger partial charge in [0.25, 0.3) is 0 Å². The van der Waals surface area contributed by atoms with Crippen molar-refractivity contribution < 1.29 is 14.3 Å². The number of likely N-dealkylation sites (tertiary alicyclic amines) is 1. The third-order valence-corrected chi connectivity index (χ3v) is 4.14. The number of piperidine rings is 1. The molecular weight excluding hydrogens is 308 g/mol. The molecule has 1 saturated heterocycles. The van der Waals surface area contributed by atoms with Crippen LogP contribution >= 0.6 is 0 Å².